The van der Waals surface area contributed by atoms with Crippen molar-refractivity contribution in [3.05, 3.63) is 0 Å². The Morgan fingerprint density at radius 1 is 1.45 bits per heavy atom. The standard InChI is InChI=1S/C4H11F2NO2P2/c1-3-8-10(5)7-11(6)9-4-2/h10H,3-4H2,1-2H3. The molecule has 2 unspecified atom stereocenters. The van der Waals surface area contributed by atoms with E-state index in [9.17, 15) is 8.39 Å². The molecule has 0 heterocycles. The minimum Gasteiger partial charge on any atom is -0.323 e. The van der Waals surface area contributed by atoms with Crippen LogP contribution in [-0.2, 0) is 9.05 Å². The fourth-order valence-electron chi connectivity index (χ4n) is 0.345. The monoisotopic (exact) mass is 205 g/mol. The number of hydrogen-bond acceptors (Lipinski definition) is 3. The summed E-state index contributed by atoms with van der Waals surface area (Å²) in [7, 11) is -5.27. The van der Waals surface area contributed by atoms with Gasteiger partial charge in [-0.2, -0.15) is 12.9 Å². The Hall–Kier alpha value is 0.440. The Morgan fingerprint density at radius 2 is 2.09 bits per heavy atom. The van der Waals surface area contributed by atoms with Crippen LogP contribution < -0.4 is 0 Å². The van der Waals surface area contributed by atoms with Crippen LogP contribution in [0.4, 0.5) is 8.39 Å². The molecule has 0 aliphatic heterocycles. The van der Waals surface area contributed by atoms with Crippen LogP contribution in [0.3, 0.4) is 0 Å². The van der Waals surface area contributed by atoms with E-state index in [4.69, 9.17) is 0 Å². The van der Waals surface area contributed by atoms with Gasteiger partial charge in [0.2, 0.25) is 8.25 Å². The van der Waals surface area contributed by atoms with E-state index >= 15 is 0 Å². The van der Waals surface area contributed by atoms with Crippen molar-refractivity contribution in [3.63, 3.8) is 0 Å². The van der Waals surface area contributed by atoms with E-state index in [1.165, 1.54) is 0 Å². The molecule has 11 heavy (non-hydrogen) atoms. The quantitative estimate of drug-likeness (QED) is 0.643. The van der Waals surface area contributed by atoms with Gasteiger partial charge in [-0.3, -0.25) is 0 Å². The van der Waals surface area contributed by atoms with Crippen molar-refractivity contribution in [2.24, 2.45) is 4.52 Å². The van der Waals surface area contributed by atoms with Gasteiger partial charge in [0.25, 0.3) is 0 Å². The Morgan fingerprint density at radius 3 is 2.55 bits per heavy atom. The van der Waals surface area contributed by atoms with Crippen molar-refractivity contribution < 1.29 is 17.4 Å². The molecule has 0 aromatic heterocycles. The van der Waals surface area contributed by atoms with Gasteiger partial charge < -0.3 is 9.05 Å². The molecule has 0 aliphatic rings. The summed E-state index contributed by atoms with van der Waals surface area (Å²) in [4.78, 5) is 0. The van der Waals surface area contributed by atoms with E-state index in [2.05, 4.69) is 13.6 Å². The summed E-state index contributed by atoms with van der Waals surface area (Å²) < 4.78 is 36.6. The molecular formula is C4H11F2NO2P2. The first-order valence-corrected chi connectivity index (χ1v) is 5.50. The highest BCUT2D eigenvalue weighted by atomic mass is 31.2. The summed E-state index contributed by atoms with van der Waals surface area (Å²) in [5, 5.41) is 0. The summed E-state index contributed by atoms with van der Waals surface area (Å²) in [6.07, 6.45) is 0. The maximum Gasteiger partial charge on any atom is 0.355 e. The van der Waals surface area contributed by atoms with Crippen molar-refractivity contribution >= 4 is 16.9 Å². The van der Waals surface area contributed by atoms with Gasteiger partial charge in [0.1, 0.15) is 0 Å². The molecule has 0 amide bonds. The molecule has 0 saturated heterocycles. The molecule has 68 valence electrons. The van der Waals surface area contributed by atoms with E-state index in [0.29, 0.717) is 0 Å². The summed E-state index contributed by atoms with van der Waals surface area (Å²) in [5.74, 6) is 0. The first-order valence-electron chi connectivity index (χ1n) is 3.16. The lowest BCUT2D eigenvalue weighted by molar-refractivity contribution is 0.350. The Balaban J connectivity index is 3.66. The molecule has 0 rings (SSSR count). The van der Waals surface area contributed by atoms with Crippen LogP contribution in [0.5, 0.6) is 0 Å². The van der Waals surface area contributed by atoms with Crippen LogP contribution in [0, 0.1) is 0 Å². The Labute approximate surface area is 66.8 Å². The van der Waals surface area contributed by atoms with Gasteiger partial charge in [0.15, 0.2) is 0 Å². The van der Waals surface area contributed by atoms with Gasteiger partial charge >= 0.3 is 8.61 Å². The molecule has 0 N–H and O–H groups in total. The van der Waals surface area contributed by atoms with E-state index < -0.39 is 16.9 Å². The smallest absolute Gasteiger partial charge is 0.323 e. The summed E-state index contributed by atoms with van der Waals surface area (Å²) in [6, 6.07) is 0. The first kappa shape index (κ1) is 11.4. The SMILES string of the molecule is CCOP(F)/N=[PH](/F)OCC. The highest BCUT2D eigenvalue weighted by molar-refractivity contribution is 7.53. The van der Waals surface area contributed by atoms with Crippen LogP contribution in [0.25, 0.3) is 0 Å². The number of halogens is 2. The largest absolute Gasteiger partial charge is 0.355 e. The highest BCUT2D eigenvalue weighted by Gasteiger charge is 2.05. The number of nitrogens with zero attached hydrogens (tertiary/aromatic N) is 1. The van der Waals surface area contributed by atoms with Crippen molar-refractivity contribution in [2.75, 3.05) is 13.2 Å². The minimum atomic E-state index is -2.81. The maximum atomic E-state index is 12.4. The lowest BCUT2D eigenvalue weighted by atomic mass is 10.9. The Bertz CT molecular complexity index is 135. The molecule has 0 saturated carbocycles. The molecule has 0 radical (unpaired) electrons. The third-order valence-electron chi connectivity index (χ3n) is 0.656. The van der Waals surface area contributed by atoms with Crippen LogP contribution >= 0.6 is 16.9 Å². The predicted molar refractivity (Wildman–Crippen MR) is 43.1 cm³/mol. The van der Waals surface area contributed by atoms with E-state index in [-0.39, 0.29) is 13.2 Å². The van der Waals surface area contributed by atoms with Crippen LogP contribution in [0.15, 0.2) is 4.52 Å². The zero-order valence-corrected chi connectivity index (χ0v) is 8.28. The van der Waals surface area contributed by atoms with Crippen LogP contribution in [0.1, 0.15) is 13.8 Å². The van der Waals surface area contributed by atoms with Gasteiger partial charge in [-0.25, -0.2) is 0 Å². The molecule has 0 aromatic carbocycles. The van der Waals surface area contributed by atoms with Crippen molar-refractivity contribution in [3.8, 4) is 0 Å². The molecule has 2 atom stereocenters. The zero-order valence-electron chi connectivity index (χ0n) is 6.38. The molecule has 0 aromatic rings. The lowest BCUT2D eigenvalue weighted by Gasteiger charge is -2.00. The fraction of sp³-hybridized carbons (Fsp3) is 1.00. The molecule has 0 aliphatic carbocycles. The van der Waals surface area contributed by atoms with Crippen molar-refractivity contribution in [2.45, 2.75) is 13.8 Å². The second kappa shape index (κ2) is 7.11. The summed E-state index contributed by atoms with van der Waals surface area (Å²) in [6.45, 7) is 3.66. The summed E-state index contributed by atoms with van der Waals surface area (Å²) >= 11 is 0. The van der Waals surface area contributed by atoms with Gasteiger partial charge in [0, 0.05) is 0 Å². The molecular weight excluding hydrogens is 194 g/mol. The third kappa shape index (κ3) is 6.82. The highest BCUT2D eigenvalue weighted by Crippen LogP contribution is 2.48. The molecule has 7 heteroatoms. The minimum absolute atomic E-state index is 0.201. The molecule has 0 fully saturated rings. The van der Waals surface area contributed by atoms with Gasteiger partial charge in [-0.15, -0.1) is 0 Å². The van der Waals surface area contributed by atoms with E-state index in [0.717, 1.165) is 0 Å². The normalized spacial score (nSPS) is 16.7. The number of hydrogen-bond donors (Lipinski definition) is 0. The van der Waals surface area contributed by atoms with Crippen LogP contribution in [0.2, 0.25) is 0 Å². The van der Waals surface area contributed by atoms with E-state index in [1.54, 1.807) is 13.8 Å². The Kier molecular flexibility index (Phi) is 7.39. The average Bonchev–Trinajstić information content (AvgIpc) is 1.87. The average molecular weight is 205 g/mol. The van der Waals surface area contributed by atoms with Crippen molar-refractivity contribution in [1.82, 2.24) is 0 Å². The van der Waals surface area contributed by atoms with E-state index in [1.807, 2.05) is 0 Å². The second-order valence-corrected chi connectivity index (χ2v) is 3.74. The molecule has 0 spiro atoms. The van der Waals surface area contributed by atoms with Crippen LogP contribution in [-0.4, -0.2) is 13.2 Å². The predicted octanol–water partition coefficient (Wildman–Crippen LogP) is 3.45. The fourth-order valence-corrected chi connectivity index (χ4v) is 1.75. The van der Waals surface area contributed by atoms with Crippen molar-refractivity contribution in [1.29, 1.82) is 0 Å². The van der Waals surface area contributed by atoms with Gasteiger partial charge in [0.05, 0.1) is 13.2 Å². The topological polar surface area (TPSA) is 30.8 Å². The molecule has 3 nitrogen and oxygen atoms in total. The molecule has 0 bridgehead atoms. The zero-order chi connectivity index (χ0) is 8.69. The summed E-state index contributed by atoms with van der Waals surface area (Å²) in [5.41, 5.74) is 0. The van der Waals surface area contributed by atoms with Gasteiger partial charge in [-0.1, -0.05) is 0 Å². The first-order chi connectivity index (χ1) is 5.20. The maximum absolute atomic E-state index is 12.4. The lowest BCUT2D eigenvalue weighted by Crippen LogP contribution is -1.76. The number of rotatable bonds is 5. The third-order valence-corrected chi connectivity index (χ3v) is 2.91. The second-order valence-electron chi connectivity index (χ2n) is 1.43. The van der Waals surface area contributed by atoms with Gasteiger partial charge in [-0.05, 0) is 13.8 Å².